The number of rotatable bonds is 3. The van der Waals surface area contributed by atoms with Gasteiger partial charge in [-0.15, -0.1) is 0 Å². The molecule has 14 heavy (non-hydrogen) atoms. The lowest BCUT2D eigenvalue weighted by molar-refractivity contribution is 0.109. The van der Waals surface area contributed by atoms with Crippen LogP contribution in [0.3, 0.4) is 0 Å². The Balaban J connectivity index is 2.49. The molecule has 0 aromatic rings. The third-order valence-corrected chi connectivity index (χ3v) is 3.27. The van der Waals surface area contributed by atoms with Crippen molar-refractivity contribution >= 4 is 0 Å². The lowest BCUT2D eigenvalue weighted by atomic mass is 9.74. The van der Waals surface area contributed by atoms with Gasteiger partial charge in [0.05, 0.1) is 6.10 Å². The van der Waals surface area contributed by atoms with Crippen molar-refractivity contribution in [3.05, 3.63) is 0 Å². The van der Waals surface area contributed by atoms with Crippen LogP contribution in [0.5, 0.6) is 0 Å². The maximum absolute atomic E-state index is 9.48. The molecule has 3 atom stereocenters. The van der Waals surface area contributed by atoms with Gasteiger partial charge in [-0.3, -0.25) is 0 Å². The van der Waals surface area contributed by atoms with Crippen molar-refractivity contribution in [2.45, 2.75) is 44.4 Å². The van der Waals surface area contributed by atoms with Gasteiger partial charge in [-0.1, -0.05) is 6.92 Å². The quantitative estimate of drug-likeness (QED) is 0.490. The SMILES string of the molecule is CC1CC(N)C(CC(O)CN)C(N)C1. The molecule has 0 spiro atoms. The van der Waals surface area contributed by atoms with Crippen molar-refractivity contribution in [1.82, 2.24) is 0 Å². The summed E-state index contributed by atoms with van der Waals surface area (Å²) in [6.07, 6.45) is 2.21. The Bertz CT molecular complexity index is 165. The first-order valence-electron chi connectivity index (χ1n) is 5.43. The Kier molecular flexibility index (Phi) is 4.31. The summed E-state index contributed by atoms with van der Waals surface area (Å²) in [5.41, 5.74) is 17.4. The normalized spacial score (nSPS) is 40.9. The monoisotopic (exact) mass is 201 g/mol. The minimum atomic E-state index is -0.453. The highest BCUT2D eigenvalue weighted by Gasteiger charge is 2.33. The van der Waals surface area contributed by atoms with Crippen molar-refractivity contribution in [3.8, 4) is 0 Å². The van der Waals surface area contributed by atoms with Crippen LogP contribution in [0.1, 0.15) is 26.2 Å². The minimum Gasteiger partial charge on any atom is -0.392 e. The number of hydrogen-bond donors (Lipinski definition) is 4. The van der Waals surface area contributed by atoms with Crippen LogP contribution in [-0.4, -0.2) is 29.8 Å². The van der Waals surface area contributed by atoms with Crippen LogP contribution in [0.25, 0.3) is 0 Å². The summed E-state index contributed by atoms with van der Waals surface area (Å²) < 4.78 is 0. The number of aliphatic hydroxyl groups is 1. The topological polar surface area (TPSA) is 98.3 Å². The Morgan fingerprint density at radius 2 is 1.79 bits per heavy atom. The fourth-order valence-electron chi connectivity index (χ4n) is 2.45. The van der Waals surface area contributed by atoms with Crippen molar-refractivity contribution in [1.29, 1.82) is 0 Å². The zero-order valence-corrected chi connectivity index (χ0v) is 8.89. The average Bonchev–Trinajstić information content (AvgIpc) is 2.10. The molecule has 1 aliphatic rings. The lowest BCUT2D eigenvalue weighted by Crippen LogP contribution is -2.50. The van der Waals surface area contributed by atoms with Crippen molar-refractivity contribution in [2.24, 2.45) is 29.0 Å². The summed E-state index contributed by atoms with van der Waals surface area (Å²) in [5, 5.41) is 9.48. The molecule has 1 rings (SSSR count). The van der Waals surface area contributed by atoms with Crippen LogP contribution >= 0.6 is 0 Å². The second kappa shape index (κ2) is 5.07. The molecule has 0 aliphatic heterocycles. The Morgan fingerprint density at radius 3 is 2.21 bits per heavy atom. The molecule has 0 aromatic carbocycles. The van der Waals surface area contributed by atoms with Crippen molar-refractivity contribution in [3.63, 3.8) is 0 Å². The van der Waals surface area contributed by atoms with E-state index in [4.69, 9.17) is 17.2 Å². The van der Waals surface area contributed by atoms with Crippen molar-refractivity contribution in [2.75, 3.05) is 6.54 Å². The van der Waals surface area contributed by atoms with E-state index in [1.54, 1.807) is 0 Å². The molecule has 0 heterocycles. The first-order valence-corrected chi connectivity index (χ1v) is 5.43. The number of hydrogen-bond acceptors (Lipinski definition) is 4. The zero-order valence-electron chi connectivity index (χ0n) is 8.89. The number of aliphatic hydroxyl groups excluding tert-OH is 1. The van der Waals surface area contributed by atoms with Gasteiger partial charge >= 0.3 is 0 Å². The minimum absolute atomic E-state index is 0.120. The molecule has 7 N–H and O–H groups in total. The molecule has 0 bridgehead atoms. The summed E-state index contributed by atoms with van der Waals surface area (Å²) >= 11 is 0. The van der Waals surface area contributed by atoms with E-state index in [1.807, 2.05) is 0 Å². The van der Waals surface area contributed by atoms with E-state index in [0.717, 1.165) is 12.8 Å². The summed E-state index contributed by atoms with van der Waals surface area (Å²) in [5.74, 6) is 0.830. The molecule has 0 amide bonds. The molecule has 0 radical (unpaired) electrons. The molecule has 0 saturated heterocycles. The van der Waals surface area contributed by atoms with E-state index in [0.29, 0.717) is 18.9 Å². The van der Waals surface area contributed by atoms with Crippen LogP contribution < -0.4 is 17.2 Å². The summed E-state index contributed by atoms with van der Waals surface area (Å²) in [4.78, 5) is 0. The molecule has 1 fully saturated rings. The second-order valence-electron chi connectivity index (χ2n) is 4.69. The van der Waals surface area contributed by atoms with Gasteiger partial charge in [-0.2, -0.15) is 0 Å². The molecule has 4 heteroatoms. The molecule has 1 aliphatic carbocycles. The van der Waals surface area contributed by atoms with Gasteiger partial charge < -0.3 is 22.3 Å². The number of nitrogens with two attached hydrogens (primary N) is 3. The first kappa shape index (κ1) is 11.9. The van der Waals surface area contributed by atoms with Crippen molar-refractivity contribution < 1.29 is 5.11 Å². The molecule has 1 saturated carbocycles. The zero-order chi connectivity index (χ0) is 10.7. The second-order valence-corrected chi connectivity index (χ2v) is 4.69. The molecular formula is C10H23N3O. The van der Waals surface area contributed by atoms with Gasteiger partial charge in [0.25, 0.3) is 0 Å². The van der Waals surface area contributed by atoms with Crippen LogP contribution in [0.4, 0.5) is 0 Å². The fourth-order valence-corrected chi connectivity index (χ4v) is 2.45. The maximum Gasteiger partial charge on any atom is 0.0666 e. The summed E-state index contributed by atoms with van der Waals surface area (Å²) in [6.45, 7) is 2.47. The van der Waals surface area contributed by atoms with Gasteiger partial charge in [0.2, 0.25) is 0 Å². The highest BCUT2D eigenvalue weighted by Crippen LogP contribution is 2.29. The summed E-state index contributed by atoms with van der Waals surface area (Å²) in [6, 6.07) is 0.241. The summed E-state index contributed by atoms with van der Waals surface area (Å²) in [7, 11) is 0. The van der Waals surface area contributed by atoms with E-state index < -0.39 is 6.10 Å². The molecule has 3 unspecified atom stereocenters. The van der Waals surface area contributed by atoms with E-state index in [-0.39, 0.29) is 18.0 Å². The predicted molar refractivity (Wildman–Crippen MR) is 57.5 cm³/mol. The Labute approximate surface area is 85.8 Å². The predicted octanol–water partition coefficient (Wildman–Crippen LogP) is -0.603. The maximum atomic E-state index is 9.48. The van der Waals surface area contributed by atoms with E-state index in [2.05, 4.69) is 6.92 Å². The van der Waals surface area contributed by atoms with Gasteiger partial charge in [-0.25, -0.2) is 0 Å². The molecule has 4 nitrogen and oxygen atoms in total. The average molecular weight is 201 g/mol. The third kappa shape index (κ3) is 2.92. The fraction of sp³-hybridized carbons (Fsp3) is 1.00. The van der Waals surface area contributed by atoms with Crippen LogP contribution in [0, 0.1) is 11.8 Å². The largest absolute Gasteiger partial charge is 0.392 e. The van der Waals surface area contributed by atoms with Crippen LogP contribution in [-0.2, 0) is 0 Å². The van der Waals surface area contributed by atoms with Gasteiger partial charge in [0.15, 0.2) is 0 Å². The smallest absolute Gasteiger partial charge is 0.0666 e. The molecular weight excluding hydrogens is 178 g/mol. The van der Waals surface area contributed by atoms with Gasteiger partial charge in [0, 0.05) is 18.6 Å². The van der Waals surface area contributed by atoms with Gasteiger partial charge in [-0.05, 0) is 31.1 Å². The molecule has 84 valence electrons. The highest BCUT2D eigenvalue weighted by molar-refractivity contribution is 4.90. The van der Waals surface area contributed by atoms with Crippen LogP contribution in [0.2, 0.25) is 0 Å². The van der Waals surface area contributed by atoms with Gasteiger partial charge in [0.1, 0.15) is 0 Å². The Hall–Kier alpha value is -0.160. The van der Waals surface area contributed by atoms with Crippen LogP contribution in [0.15, 0.2) is 0 Å². The lowest BCUT2D eigenvalue weighted by Gasteiger charge is -2.38. The third-order valence-electron chi connectivity index (χ3n) is 3.27. The first-order chi connectivity index (χ1) is 6.54. The van der Waals surface area contributed by atoms with E-state index in [1.165, 1.54) is 0 Å². The standard InChI is InChI=1S/C10H23N3O/c1-6-2-9(12)8(10(13)3-6)4-7(14)5-11/h6-10,14H,2-5,11-13H2,1H3. The highest BCUT2D eigenvalue weighted by atomic mass is 16.3. The van der Waals surface area contributed by atoms with E-state index >= 15 is 0 Å². The Morgan fingerprint density at radius 1 is 1.29 bits per heavy atom. The molecule has 0 aromatic heterocycles. The van der Waals surface area contributed by atoms with E-state index in [9.17, 15) is 5.11 Å².